The molecule has 2 atom stereocenters. The number of halogens is 3. The molecule has 1 aromatic heterocycles. The molecule has 3 aromatic rings. The molecule has 1 aliphatic heterocycles. The third-order valence-electron chi connectivity index (χ3n) is 5.67. The van der Waals surface area contributed by atoms with E-state index in [0.29, 0.717) is 11.6 Å². The van der Waals surface area contributed by atoms with Gasteiger partial charge in [-0.1, -0.05) is 36.1 Å². The number of benzene rings is 2. The minimum Gasteiger partial charge on any atom is -0.488 e. The van der Waals surface area contributed by atoms with Gasteiger partial charge in [0.25, 0.3) is 0 Å². The van der Waals surface area contributed by atoms with Gasteiger partial charge in [-0.05, 0) is 42.3 Å². The van der Waals surface area contributed by atoms with Crippen molar-refractivity contribution in [3.8, 4) is 28.7 Å². The molecule has 0 saturated carbocycles. The second-order valence-corrected chi connectivity index (χ2v) is 8.49. The number of nitrogens with zero attached hydrogens (tertiary/aromatic N) is 3. The maximum Gasteiger partial charge on any atom is 0.401 e. The predicted octanol–water partition coefficient (Wildman–Crippen LogP) is 3.81. The number of hydrogen-bond donors (Lipinski definition) is 2. The monoisotopic (exact) mass is 485 g/mol. The van der Waals surface area contributed by atoms with Crippen LogP contribution in [0.3, 0.4) is 0 Å². The van der Waals surface area contributed by atoms with Crippen molar-refractivity contribution in [1.82, 2.24) is 14.5 Å². The van der Waals surface area contributed by atoms with Crippen LogP contribution in [0.1, 0.15) is 30.5 Å². The second kappa shape index (κ2) is 10.5. The van der Waals surface area contributed by atoms with E-state index < -0.39 is 24.9 Å². The lowest BCUT2D eigenvalue weighted by atomic mass is 10.0. The van der Waals surface area contributed by atoms with Crippen molar-refractivity contribution >= 4 is 0 Å². The summed E-state index contributed by atoms with van der Waals surface area (Å²) in [6.07, 6.45) is -1.95. The number of aromatic nitrogens is 2. The summed E-state index contributed by atoms with van der Waals surface area (Å²) in [6, 6.07) is 14.5. The zero-order valence-electron chi connectivity index (χ0n) is 19.1. The van der Waals surface area contributed by atoms with Crippen LogP contribution in [0.15, 0.2) is 60.9 Å². The molecule has 0 radical (unpaired) electrons. The van der Waals surface area contributed by atoms with E-state index in [9.17, 15) is 23.4 Å². The first-order valence-electron chi connectivity index (χ1n) is 11.2. The highest BCUT2D eigenvalue weighted by Gasteiger charge is 2.37. The van der Waals surface area contributed by atoms with E-state index >= 15 is 0 Å². The average molecular weight is 486 g/mol. The lowest BCUT2D eigenvalue weighted by Crippen LogP contribution is -2.56. The molecule has 35 heavy (non-hydrogen) atoms. The van der Waals surface area contributed by atoms with Crippen molar-refractivity contribution in [3.05, 3.63) is 72.3 Å². The molecular weight excluding hydrogens is 459 g/mol. The molecule has 6 nitrogen and oxygen atoms in total. The topological polar surface area (TPSA) is 70.8 Å². The molecule has 0 spiro atoms. The average Bonchev–Trinajstić information content (AvgIpc) is 3.28. The van der Waals surface area contributed by atoms with Crippen molar-refractivity contribution < 1.29 is 28.1 Å². The minimum atomic E-state index is -4.18. The molecule has 0 aliphatic carbocycles. The van der Waals surface area contributed by atoms with Gasteiger partial charge in [0.15, 0.2) is 0 Å². The smallest absolute Gasteiger partial charge is 0.401 e. The van der Waals surface area contributed by atoms with E-state index in [0.717, 1.165) is 16.7 Å². The first-order chi connectivity index (χ1) is 16.7. The fourth-order valence-corrected chi connectivity index (χ4v) is 3.93. The summed E-state index contributed by atoms with van der Waals surface area (Å²) in [5, 5.41) is 19.6. The minimum absolute atomic E-state index is 0.212. The first kappa shape index (κ1) is 24.8. The quantitative estimate of drug-likeness (QED) is 0.498. The van der Waals surface area contributed by atoms with Gasteiger partial charge in [0.2, 0.25) is 0 Å². The molecule has 4 rings (SSSR count). The van der Waals surface area contributed by atoms with Crippen LogP contribution in [0.25, 0.3) is 11.1 Å². The van der Waals surface area contributed by atoms with Crippen LogP contribution in [0.2, 0.25) is 0 Å². The summed E-state index contributed by atoms with van der Waals surface area (Å²) >= 11 is 0. The number of aliphatic hydroxyl groups excluding tert-OH is 2. The van der Waals surface area contributed by atoms with Gasteiger partial charge in [0.05, 0.1) is 13.2 Å². The molecule has 0 amide bonds. The molecular formula is C26H26F3N3O3. The third-order valence-corrected chi connectivity index (χ3v) is 5.67. The predicted molar refractivity (Wildman–Crippen MR) is 125 cm³/mol. The van der Waals surface area contributed by atoms with Crippen molar-refractivity contribution in [2.24, 2.45) is 0 Å². The molecule has 9 heteroatoms. The highest BCUT2D eigenvalue weighted by molar-refractivity contribution is 5.65. The number of alkyl halides is 3. The van der Waals surface area contributed by atoms with Crippen LogP contribution in [0.5, 0.6) is 5.75 Å². The van der Waals surface area contributed by atoms with Crippen LogP contribution in [-0.2, 0) is 0 Å². The number of ether oxygens (including phenoxy) is 1. The standard InChI is InChI=1S/C26H26F3N3O3/c1-18(34)25-30-12-13-32(25)22(16-33)9-4-19-2-5-20(6-3-19)21-7-10-23(11-8-21)35-24-14-31(15-24)17-26(27,28)29/h2-3,5-8,10-13,18,22,24,33-34H,14-17H2,1H3/t18-,22?/m0/s1. The lowest BCUT2D eigenvalue weighted by molar-refractivity contribution is -0.162. The first-order valence-corrected chi connectivity index (χ1v) is 11.2. The summed E-state index contributed by atoms with van der Waals surface area (Å²) < 4.78 is 44.6. The fraction of sp³-hybridized carbons (Fsp3) is 0.346. The van der Waals surface area contributed by atoms with E-state index in [1.165, 1.54) is 4.90 Å². The number of hydrogen-bond acceptors (Lipinski definition) is 5. The molecule has 1 aliphatic rings. The number of aliphatic hydroxyl groups is 2. The third kappa shape index (κ3) is 6.42. The van der Waals surface area contributed by atoms with Crippen LogP contribution in [-0.4, -0.2) is 63.2 Å². The summed E-state index contributed by atoms with van der Waals surface area (Å²) in [4.78, 5) is 5.43. The van der Waals surface area contributed by atoms with Crippen molar-refractivity contribution in [1.29, 1.82) is 0 Å². The van der Waals surface area contributed by atoms with Gasteiger partial charge in [-0.25, -0.2) is 4.98 Å². The van der Waals surface area contributed by atoms with E-state index in [4.69, 9.17) is 4.74 Å². The Balaban J connectivity index is 1.35. The van der Waals surface area contributed by atoms with E-state index in [2.05, 4.69) is 16.8 Å². The molecule has 2 N–H and O–H groups in total. The second-order valence-electron chi connectivity index (χ2n) is 8.49. The molecule has 1 unspecified atom stereocenters. The summed E-state index contributed by atoms with van der Waals surface area (Å²) in [5.74, 6) is 7.15. The van der Waals surface area contributed by atoms with Gasteiger partial charge in [0, 0.05) is 31.0 Å². The Kier molecular flexibility index (Phi) is 7.45. The highest BCUT2D eigenvalue weighted by Crippen LogP contribution is 2.26. The molecule has 1 fully saturated rings. The van der Waals surface area contributed by atoms with Gasteiger partial charge < -0.3 is 19.5 Å². The van der Waals surface area contributed by atoms with Crippen LogP contribution >= 0.6 is 0 Å². The largest absolute Gasteiger partial charge is 0.488 e. The van der Waals surface area contributed by atoms with Gasteiger partial charge in [-0.3, -0.25) is 4.90 Å². The van der Waals surface area contributed by atoms with E-state index in [-0.39, 0.29) is 25.8 Å². The number of imidazole rings is 1. The molecule has 0 bridgehead atoms. The Bertz CT molecular complexity index is 1170. The Labute approximate surface area is 201 Å². The maximum absolute atomic E-state index is 12.4. The number of rotatable bonds is 7. The van der Waals surface area contributed by atoms with Gasteiger partial charge in [-0.15, -0.1) is 0 Å². The Hall–Kier alpha value is -3.32. The van der Waals surface area contributed by atoms with Crippen molar-refractivity contribution in [3.63, 3.8) is 0 Å². The highest BCUT2D eigenvalue weighted by atomic mass is 19.4. The maximum atomic E-state index is 12.4. The number of likely N-dealkylation sites (tertiary alicyclic amines) is 1. The molecule has 1 saturated heterocycles. The Morgan fingerprint density at radius 2 is 1.71 bits per heavy atom. The fourth-order valence-electron chi connectivity index (χ4n) is 3.93. The SMILES string of the molecule is C[C@H](O)c1nccn1C(C#Cc1ccc(-c2ccc(OC3CN(CC(F)(F)F)C3)cc2)cc1)CO. The van der Waals surface area contributed by atoms with Crippen LogP contribution in [0.4, 0.5) is 13.2 Å². The van der Waals surface area contributed by atoms with Gasteiger partial charge >= 0.3 is 6.18 Å². The van der Waals surface area contributed by atoms with Crippen LogP contribution in [0, 0.1) is 11.8 Å². The zero-order chi connectivity index (χ0) is 25.0. The van der Waals surface area contributed by atoms with Gasteiger partial charge in [-0.2, -0.15) is 13.2 Å². The molecule has 184 valence electrons. The lowest BCUT2D eigenvalue weighted by Gasteiger charge is -2.39. The summed E-state index contributed by atoms with van der Waals surface area (Å²) in [5.41, 5.74) is 2.73. The Morgan fingerprint density at radius 1 is 1.09 bits per heavy atom. The van der Waals surface area contributed by atoms with E-state index in [1.807, 2.05) is 48.5 Å². The zero-order valence-corrected chi connectivity index (χ0v) is 19.1. The van der Waals surface area contributed by atoms with E-state index in [1.54, 1.807) is 23.9 Å². The van der Waals surface area contributed by atoms with Crippen molar-refractivity contribution in [2.75, 3.05) is 26.2 Å². The summed E-state index contributed by atoms with van der Waals surface area (Å²) in [7, 11) is 0. The molecule has 2 aromatic carbocycles. The van der Waals surface area contributed by atoms with Crippen molar-refractivity contribution in [2.45, 2.75) is 31.3 Å². The summed E-state index contributed by atoms with van der Waals surface area (Å²) in [6.45, 7) is 1.03. The normalized spacial score (nSPS) is 16.2. The van der Waals surface area contributed by atoms with Crippen LogP contribution < -0.4 is 4.74 Å². The van der Waals surface area contributed by atoms with Gasteiger partial charge in [0.1, 0.15) is 29.8 Å². The molecule has 2 heterocycles. The Morgan fingerprint density at radius 3 is 2.29 bits per heavy atom.